The van der Waals surface area contributed by atoms with Gasteiger partial charge in [0.25, 0.3) is 0 Å². The van der Waals surface area contributed by atoms with Crippen LogP contribution in [0.3, 0.4) is 0 Å². The molecule has 24 heavy (non-hydrogen) atoms. The van der Waals surface area contributed by atoms with Crippen molar-refractivity contribution in [1.82, 2.24) is 0 Å². The van der Waals surface area contributed by atoms with Gasteiger partial charge in [-0.25, -0.2) is 0 Å². The molecule has 1 saturated carbocycles. The average Bonchev–Trinajstić information content (AvgIpc) is 2.59. The molecule has 0 unspecified atom stereocenters. The standard InChI is InChI=1S/C24H48/c1-23(2)19-15-12-10-8-6-4-3-5-7-9-11-13-16-20-24-21-17-14-18-22-24/h23-24H,3-22H2,1-2H3. The fourth-order valence-corrected chi connectivity index (χ4v) is 4.41. The largest absolute Gasteiger partial charge is 0.0628 e. The summed E-state index contributed by atoms with van der Waals surface area (Å²) in [4.78, 5) is 0. The van der Waals surface area contributed by atoms with Gasteiger partial charge in [0.15, 0.2) is 0 Å². The van der Waals surface area contributed by atoms with Crippen molar-refractivity contribution in [3.63, 3.8) is 0 Å². The minimum atomic E-state index is 0.900. The van der Waals surface area contributed by atoms with Crippen molar-refractivity contribution < 1.29 is 0 Å². The third-order valence-electron chi connectivity index (χ3n) is 6.12. The Hall–Kier alpha value is 0. The van der Waals surface area contributed by atoms with Gasteiger partial charge in [-0.05, 0) is 11.8 Å². The lowest BCUT2D eigenvalue weighted by molar-refractivity contribution is 0.328. The fourth-order valence-electron chi connectivity index (χ4n) is 4.41. The molecule has 0 spiro atoms. The predicted octanol–water partition coefficient (Wildman–Crippen LogP) is 9.07. The van der Waals surface area contributed by atoms with Gasteiger partial charge >= 0.3 is 0 Å². The molecule has 0 atom stereocenters. The van der Waals surface area contributed by atoms with E-state index in [0.29, 0.717) is 0 Å². The van der Waals surface area contributed by atoms with Crippen LogP contribution in [0.1, 0.15) is 142 Å². The molecule has 0 aromatic carbocycles. The van der Waals surface area contributed by atoms with Gasteiger partial charge in [-0.15, -0.1) is 0 Å². The van der Waals surface area contributed by atoms with Gasteiger partial charge < -0.3 is 0 Å². The molecule has 0 bridgehead atoms. The molecule has 1 aliphatic rings. The first-order valence-electron chi connectivity index (χ1n) is 11.8. The van der Waals surface area contributed by atoms with E-state index in [1.807, 2.05) is 0 Å². The van der Waals surface area contributed by atoms with Crippen molar-refractivity contribution in [3.05, 3.63) is 0 Å². The van der Waals surface area contributed by atoms with Crippen LogP contribution in [0.15, 0.2) is 0 Å². The van der Waals surface area contributed by atoms with Crippen molar-refractivity contribution in [2.24, 2.45) is 11.8 Å². The van der Waals surface area contributed by atoms with Crippen LogP contribution >= 0.6 is 0 Å². The highest BCUT2D eigenvalue weighted by atomic mass is 14.2. The quantitative estimate of drug-likeness (QED) is 0.246. The Morgan fingerprint density at radius 1 is 0.542 bits per heavy atom. The molecular formula is C24H48. The molecule has 0 aromatic rings. The number of hydrogen-bond donors (Lipinski definition) is 0. The maximum Gasteiger partial charge on any atom is -0.0414 e. The summed E-state index contributed by atoms with van der Waals surface area (Å²) in [6.45, 7) is 4.69. The smallest absolute Gasteiger partial charge is 0.0414 e. The summed E-state index contributed by atoms with van der Waals surface area (Å²) in [5, 5.41) is 0. The van der Waals surface area contributed by atoms with Crippen molar-refractivity contribution in [2.75, 3.05) is 0 Å². The Morgan fingerprint density at radius 2 is 0.958 bits per heavy atom. The maximum atomic E-state index is 2.34. The van der Waals surface area contributed by atoms with Gasteiger partial charge in [-0.1, -0.05) is 142 Å². The summed E-state index contributed by atoms with van der Waals surface area (Å²) in [6, 6.07) is 0. The second kappa shape index (κ2) is 16.5. The molecule has 0 saturated heterocycles. The first-order chi connectivity index (χ1) is 11.8. The van der Waals surface area contributed by atoms with Crippen molar-refractivity contribution in [2.45, 2.75) is 142 Å². The van der Waals surface area contributed by atoms with E-state index in [-0.39, 0.29) is 0 Å². The Balaban J connectivity index is 1.67. The Bertz CT molecular complexity index is 236. The summed E-state index contributed by atoms with van der Waals surface area (Å²) >= 11 is 0. The van der Waals surface area contributed by atoms with E-state index in [4.69, 9.17) is 0 Å². The van der Waals surface area contributed by atoms with Crippen LogP contribution in [0.25, 0.3) is 0 Å². The Kier molecular flexibility index (Phi) is 15.1. The maximum absolute atomic E-state index is 2.34. The lowest BCUT2D eigenvalue weighted by atomic mass is 9.85. The molecule has 0 N–H and O–H groups in total. The van der Waals surface area contributed by atoms with Gasteiger partial charge in [0, 0.05) is 0 Å². The van der Waals surface area contributed by atoms with Crippen LogP contribution in [0.2, 0.25) is 0 Å². The zero-order valence-electron chi connectivity index (χ0n) is 17.3. The van der Waals surface area contributed by atoms with Gasteiger partial charge in [0.05, 0.1) is 0 Å². The number of hydrogen-bond acceptors (Lipinski definition) is 0. The topological polar surface area (TPSA) is 0 Å². The summed E-state index contributed by atoms with van der Waals surface area (Å²) in [5.74, 6) is 2.00. The Morgan fingerprint density at radius 3 is 1.42 bits per heavy atom. The summed E-state index contributed by atoms with van der Waals surface area (Å²) in [5.41, 5.74) is 0. The van der Waals surface area contributed by atoms with Gasteiger partial charge in [0.1, 0.15) is 0 Å². The molecule has 0 heterocycles. The molecule has 1 fully saturated rings. The first-order valence-corrected chi connectivity index (χ1v) is 11.8. The zero-order chi connectivity index (χ0) is 17.3. The lowest BCUT2D eigenvalue weighted by Gasteiger charge is -2.21. The SMILES string of the molecule is CC(C)CCCCCCCCCCCCCCCC1CCCCC1. The highest BCUT2D eigenvalue weighted by molar-refractivity contribution is 4.65. The molecular weight excluding hydrogens is 288 g/mol. The van der Waals surface area contributed by atoms with E-state index in [2.05, 4.69) is 13.8 Å². The first kappa shape index (κ1) is 22.0. The predicted molar refractivity (Wildman–Crippen MR) is 111 cm³/mol. The van der Waals surface area contributed by atoms with Crippen LogP contribution in [0.4, 0.5) is 0 Å². The van der Waals surface area contributed by atoms with Gasteiger partial charge in [-0.3, -0.25) is 0 Å². The van der Waals surface area contributed by atoms with E-state index >= 15 is 0 Å². The average molecular weight is 337 g/mol. The van der Waals surface area contributed by atoms with Crippen LogP contribution in [0.5, 0.6) is 0 Å². The van der Waals surface area contributed by atoms with E-state index in [1.54, 1.807) is 0 Å². The monoisotopic (exact) mass is 336 g/mol. The molecule has 0 nitrogen and oxygen atoms in total. The van der Waals surface area contributed by atoms with E-state index in [1.165, 1.54) is 128 Å². The van der Waals surface area contributed by atoms with E-state index < -0.39 is 0 Å². The third-order valence-corrected chi connectivity index (χ3v) is 6.12. The molecule has 144 valence electrons. The highest BCUT2D eigenvalue weighted by Gasteiger charge is 2.12. The van der Waals surface area contributed by atoms with Gasteiger partial charge in [0.2, 0.25) is 0 Å². The van der Waals surface area contributed by atoms with Crippen molar-refractivity contribution in [3.8, 4) is 0 Å². The second-order valence-corrected chi connectivity index (χ2v) is 9.07. The van der Waals surface area contributed by atoms with E-state index in [9.17, 15) is 0 Å². The molecule has 0 amide bonds. The lowest BCUT2D eigenvalue weighted by Crippen LogP contribution is -2.05. The third kappa shape index (κ3) is 14.4. The van der Waals surface area contributed by atoms with Crippen LogP contribution in [0, 0.1) is 11.8 Å². The van der Waals surface area contributed by atoms with E-state index in [0.717, 1.165) is 11.8 Å². The summed E-state index contributed by atoms with van der Waals surface area (Å²) in [6.07, 6.45) is 30.0. The molecule has 0 aliphatic heterocycles. The normalized spacial score (nSPS) is 16.1. The molecule has 0 radical (unpaired) electrons. The Labute approximate surface area is 154 Å². The van der Waals surface area contributed by atoms with Gasteiger partial charge in [-0.2, -0.15) is 0 Å². The minimum absolute atomic E-state index is 0.900. The number of unbranched alkanes of at least 4 members (excludes halogenated alkanes) is 12. The highest BCUT2D eigenvalue weighted by Crippen LogP contribution is 2.28. The second-order valence-electron chi connectivity index (χ2n) is 9.07. The molecule has 0 aromatic heterocycles. The van der Waals surface area contributed by atoms with Crippen LogP contribution < -0.4 is 0 Å². The molecule has 1 aliphatic carbocycles. The van der Waals surface area contributed by atoms with Crippen molar-refractivity contribution >= 4 is 0 Å². The minimum Gasteiger partial charge on any atom is -0.0628 e. The molecule has 0 heteroatoms. The van der Waals surface area contributed by atoms with Crippen molar-refractivity contribution in [1.29, 1.82) is 0 Å². The summed E-state index contributed by atoms with van der Waals surface area (Å²) < 4.78 is 0. The zero-order valence-corrected chi connectivity index (χ0v) is 17.3. The molecule has 1 rings (SSSR count). The number of rotatable bonds is 16. The summed E-state index contributed by atoms with van der Waals surface area (Å²) in [7, 11) is 0. The van der Waals surface area contributed by atoms with Crippen LogP contribution in [-0.2, 0) is 0 Å². The van der Waals surface area contributed by atoms with Crippen LogP contribution in [-0.4, -0.2) is 0 Å². The fraction of sp³-hybridized carbons (Fsp3) is 1.00.